The summed E-state index contributed by atoms with van der Waals surface area (Å²) in [5, 5.41) is 19.2. The fourth-order valence-corrected chi connectivity index (χ4v) is 1.53. The SMILES string of the molecule is Oc1ccccc1Cc1ccccc1O.P. The van der Waals surface area contributed by atoms with E-state index in [0.717, 1.165) is 11.1 Å². The van der Waals surface area contributed by atoms with Gasteiger partial charge >= 0.3 is 0 Å². The van der Waals surface area contributed by atoms with Crippen LogP contribution in [0.25, 0.3) is 0 Å². The molecule has 0 aliphatic rings. The van der Waals surface area contributed by atoms with Gasteiger partial charge in [-0.3, -0.25) is 0 Å². The Morgan fingerprint density at radius 2 is 1.06 bits per heavy atom. The van der Waals surface area contributed by atoms with Crippen molar-refractivity contribution < 1.29 is 10.2 Å². The van der Waals surface area contributed by atoms with Gasteiger partial charge < -0.3 is 10.2 Å². The van der Waals surface area contributed by atoms with Crippen LogP contribution >= 0.6 is 9.90 Å². The number of para-hydroxylation sites is 2. The molecule has 0 aliphatic carbocycles. The summed E-state index contributed by atoms with van der Waals surface area (Å²) in [4.78, 5) is 0. The molecule has 1 unspecified atom stereocenters. The third-order valence-corrected chi connectivity index (χ3v) is 2.36. The Kier molecular flexibility index (Phi) is 4.33. The summed E-state index contributed by atoms with van der Waals surface area (Å²) in [5.74, 6) is 0.529. The van der Waals surface area contributed by atoms with Crippen LogP contribution in [0.5, 0.6) is 11.5 Å². The summed E-state index contributed by atoms with van der Waals surface area (Å²) in [5.41, 5.74) is 1.64. The number of hydrogen-bond donors (Lipinski definition) is 2. The van der Waals surface area contributed by atoms with E-state index in [1.807, 2.05) is 24.3 Å². The maximum absolute atomic E-state index is 9.58. The molecule has 0 bridgehead atoms. The third-order valence-electron chi connectivity index (χ3n) is 2.36. The molecule has 0 heterocycles. The standard InChI is InChI=1S/C13H12O2.H3P/c14-12-7-3-1-5-10(12)9-11-6-2-4-8-13(11)15;/h1-8,14-15H,9H2;1H3. The topological polar surface area (TPSA) is 40.5 Å². The van der Waals surface area contributed by atoms with E-state index < -0.39 is 0 Å². The number of benzene rings is 2. The van der Waals surface area contributed by atoms with Crippen molar-refractivity contribution in [1.82, 2.24) is 0 Å². The molecule has 1 atom stereocenters. The summed E-state index contributed by atoms with van der Waals surface area (Å²) in [7, 11) is 0. The lowest BCUT2D eigenvalue weighted by molar-refractivity contribution is 0.463. The van der Waals surface area contributed by atoms with Crippen LogP contribution in [0, 0.1) is 0 Å². The van der Waals surface area contributed by atoms with Crippen molar-refractivity contribution >= 4 is 9.90 Å². The molecule has 0 saturated carbocycles. The molecule has 0 aromatic heterocycles. The Balaban J connectivity index is 0.00000128. The first-order valence-corrected chi connectivity index (χ1v) is 4.81. The van der Waals surface area contributed by atoms with Crippen LogP contribution in [0.3, 0.4) is 0 Å². The highest BCUT2D eigenvalue weighted by Crippen LogP contribution is 2.24. The number of aromatic hydroxyl groups is 2. The molecule has 2 nitrogen and oxygen atoms in total. The van der Waals surface area contributed by atoms with Crippen molar-refractivity contribution in [3.05, 3.63) is 59.7 Å². The molecular weight excluding hydrogens is 219 g/mol. The van der Waals surface area contributed by atoms with Gasteiger partial charge in [-0.25, -0.2) is 0 Å². The maximum atomic E-state index is 9.58. The van der Waals surface area contributed by atoms with Gasteiger partial charge in [0.2, 0.25) is 0 Å². The van der Waals surface area contributed by atoms with Crippen molar-refractivity contribution in [1.29, 1.82) is 0 Å². The molecule has 2 aromatic rings. The van der Waals surface area contributed by atoms with Gasteiger partial charge in [0, 0.05) is 6.42 Å². The van der Waals surface area contributed by atoms with E-state index in [-0.39, 0.29) is 21.4 Å². The van der Waals surface area contributed by atoms with Gasteiger partial charge in [-0.15, -0.1) is 0 Å². The van der Waals surface area contributed by atoms with Crippen molar-refractivity contribution in [3.63, 3.8) is 0 Å². The van der Waals surface area contributed by atoms with Gasteiger partial charge in [-0.1, -0.05) is 36.4 Å². The second-order valence-corrected chi connectivity index (χ2v) is 3.43. The van der Waals surface area contributed by atoms with Crippen LogP contribution in [-0.4, -0.2) is 10.2 Å². The van der Waals surface area contributed by atoms with Crippen molar-refractivity contribution in [2.45, 2.75) is 6.42 Å². The fraction of sp³-hybridized carbons (Fsp3) is 0.0769. The van der Waals surface area contributed by atoms with Crippen LogP contribution in [0.2, 0.25) is 0 Å². The van der Waals surface area contributed by atoms with Gasteiger partial charge in [0.05, 0.1) is 0 Å². The van der Waals surface area contributed by atoms with Crippen LogP contribution in [0.15, 0.2) is 48.5 Å². The summed E-state index contributed by atoms with van der Waals surface area (Å²) in [6, 6.07) is 14.3. The summed E-state index contributed by atoms with van der Waals surface area (Å²) >= 11 is 0. The third kappa shape index (κ3) is 2.74. The lowest BCUT2D eigenvalue weighted by Crippen LogP contribution is -1.88. The van der Waals surface area contributed by atoms with Crippen LogP contribution < -0.4 is 0 Å². The number of phenolic OH excluding ortho intramolecular Hbond substituents is 2. The van der Waals surface area contributed by atoms with Gasteiger partial charge in [0.25, 0.3) is 0 Å². The quantitative estimate of drug-likeness (QED) is 0.784. The zero-order chi connectivity index (χ0) is 10.7. The number of hydrogen-bond acceptors (Lipinski definition) is 2. The van der Waals surface area contributed by atoms with E-state index in [9.17, 15) is 10.2 Å². The Labute approximate surface area is 98.2 Å². The number of phenols is 2. The van der Waals surface area contributed by atoms with E-state index in [0.29, 0.717) is 6.42 Å². The first-order chi connectivity index (χ1) is 7.27. The smallest absolute Gasteiger partial charge is 0.119 e. The van der Waals surface area contributed by atoms with E-state index in [1.165, 1.54) is 0 Å². The van der Waals surface area contributed by atoms with Gasteiger partial charge in [-0.05, 0) is 23.3 Å². The molecule has 0 radical (unpaired) electrons. The Hall–Kier alpha value is -1.53. The van der Waals surface area contributed by atoms with Crippen molar-refractivity contribution in [2.24, 2.45) is 0 Å². The molecule has 3 heteroatoms. The zero-order valence-corrected chi connectivity index (χ0v) is 10.3. The molecule has 0 aliphatic heterocycles. The van der Waals surface area contributed by atoms with E-state index in [1.54, 1.807) is 24.3 Å². The Morgan fingerprint density at radius 1 is 0.688 bits per heavy atom. The second kappa shape index (κ2) is 5.53. The molecule has 0 fully saturated rings. The largest absolute Gasteiger partial charge is 0.508 e. The van der Waals surface area contributed by atoms with Gasteiger partial charge in [-0.2, -0.15) is 9.90 Å². The molecule has 84 valence electrons. The van der Waals surface area contributed by atoms with E-state index in [2.05, 4.69) is 0 Å². The second-order valence-electron chi connectivity index (χ2n) is 3.43. The average molecular weight is 234 g/mol. The molecule has 0 saturated heterocycles. The summed E-state index contributed by atoms with van der Waals surface area (Å²) in [6.45, 7) is 0. The molecule has 2 N–H and O–H groups in total. The summed E-state index contributed by atoms with van der Waals surface area (Å²) < 4.78 is 0. The predicted molar refractivity (Wildman–Crippen MR) is 70.1 cm³/mol. The van der Waals surface area contributed by atoms with E-state index in [4.69, 9.17) is 0 Å². The fourth-order valence-electron chi connectivity index (χ4n) is 1.53. The monoisotopic (exact) mass is 234 g/mol. The normalized spacial score (nSPS) is 9.50. The minimum Gasteiger partial charge on any atom is -0.508 e. The minimum absolute atomic E-state index is 0. The first kappa shape index (κ1) is 12.5. The highest BCUT2D eigenvalue weighted by atomic mass is 31.0. The highest BCUT2D eigenvalue weighted by molar-refractivity contribution is 6.92. The molecule has 0 amide bonds. The highest BCUT2D eigenvalue weighted by Gasteiger charge is 2.04. The molecule has 2 rings (SSSR count). The molecule has 0 spiro atoms. The van der Waals surface area contributed by atoms with Gasteiger partial charge in [0.1, 0.15) is 11.5 Å². The maximum Gasteiger partial charge on any atom is 0.119 e. The van der Waals surface area contributed by atoms with Crippen LogP contribution in [-0.2, 0) is 6.42 Å². The Morgan fingerprint density at radius 3 is 1.44 bits per heavy atom. The lowest BCUT2D eigenvalue weighted by Gasteiger charge is -2.05. The first-order valence-electron chi connectivity index (χ1n) is 4.81. The Bertz CT molecular complexity index is 425. The average Bonchev–Trinajstić information content (AvgIpc) is 2.24. The molecular formula is C13H15O2P. The molecule has 2 aromatic carbocycles. The lowest BCUT2D eigenvalue weighted by atomic mass is 10.0. The van der Waals surface area contributed by atoms with Crippen LogP contribution in [0.4, 0.5) is 0 Å². The van der Waals surface area contributed by atoms with Crippen molar-refractivity contribution in [2.75, 3.05) is 0 Å². The number of rotatable bonds is 2. The zero-order valence-electron chi connectivity index (χ0n) is 8.93. The van der Waals surface area contributed by atoms with E-state index >= 15 is 0 Å². The van der Waals surface area contributed by atoms with Crippen LogP contribution in [0.1, 0.15) is 11.1 Å². The minimum atomic E-state index is 0. The van der Waals surface area contributed by atoms with Gasteiger partial charge in [0.15, 0.2) is 0 Å². The summed E-state index contributed by atoms with van der Waals surface area (Å²) in [6.07, 6.45) is 0.541. The van der Waals surface area contributed by atoms with Crippen molar-refractivity contribution in [3.8, 4) is 11.5 Å². The molecule has 16 heavy (non-hydrogen) atoms. The predicted octanol–water partition coefficient (Wildman–Crippen LogP) is 2.75.